The van der Waals surface area contributed by atoms with Crippen molar-refractivity contribution >= 4 is 5.82 Å². The Morgan fingerprint density at radius 3 is 2.83 bits per heavy atom. The quantitative estimate of drug-likeness (QED) is 0.909. The lowest BCUT2D eigenvalue weighted by atomic mass is 9.79. The maximum absolute atomic E-state index is 14.4. The molecule has 124 valence electrons. The Balaban J connectivity index is 2.23. The zero-order valence-electron chi connectivity index (χ0n) is 13.6. The summed E-state index contributed by atoms with van der Waals surface area (Å²) in [6.45, 7) is 2.14. The van der Waals surface area contributed by atoms with Crippen molar-refractivity contribution in [2.45, 2.75) is 39.0 Å². The number of hydrogen-bond acceptors (Lipinski definition) is 3. The monoisotopic (exact) mass is 327 g/mol. The molecule has 0 bridgehead atoms. The molecule has 0 aliphatic heterocycles. The summed E-state index contributed by atoms with van der Waals surface area (Å²) in [5, 5.41) is 9.51. The average molecular weight is 327 g/mol. The van der Waals surface area contributed by atoms with Gasteiger partial charge < -0.3 is 5.73 Å². The molecule has 2 aromatic rings. The van der Waals surface area contributed by atoms with Gasteiger partial charge in [0.1, 0.15) is 29.1 Å². The number of fused-ring (bicyclic) bond motifs is 1. The Hall–Kier alpha value is -2.48. The van der Waals surface area contributed by atoms with E-state index in [0.717, 1.165) is 49.4 Å². The Labute approximate surface area is 140 Å². The predicted molar refractivity (Wildman–Crippen MR) is 89.1 cm³/mol. The number of anilines is 1. The van der Waals surface area contributed by atoms with Crippen LogP contribution in [0.2, 0.25) is 0 Å². The molecule has 1 aliphatic carbocycles. The normalized spacial score (nSPS) is 16.5. The molecule has 1 atom stereocenters. The standard InChI is InChI=1S/C19H19F2N3/c1-2-3-11-4-7-17-14(8-11)18(15(10-22)19(23)24-17)13-6-5-12(20)9-16(13)21/h5-6,9,11H,2-4,7-8H2,1H3,(H2,23,24). The SMILES string of the molecule is CCCC1CCc2nc(N)c(C#N)c(-c3ccc(F)cc3F)c2C1. The van der Waals surface area contributed by atoms with Gasteiger partial charge in [-0.15, -0.1) is 0 Å². The molecule has 3 nitrogen and oxygen atoms in total. The molecule has 1 aromatic heterocycles. The van der Waals surface area contributed by atoms with E-state index in [-0.39, 0.29) is 16.9 Å². The highest BCUT2D eigenvalue weighted by atomic mass is 19.1. The van der Waals surface area contributed by atoms with Crippen molar-refractivity contribution in [1.29, 1.82) is 5.26 Å². The second-order valence-electron chi connectivity index (χ2n) is 6.31. The molecule has 0 radical (unpaired) electrons. The van der Waals surface area contributed by atoms with Gasteiger partial charge in [0, 0.05) is 22.9 Å². The summed E-state index contributed by atoms with van der Waals surface area (Å²) in [5.74, 6) is -0.725. The highest BCUT2D eigenvalue weighted by Crippen LogP contribution is 2.39. The average Bonchev–Trinajstić information content (AvgIpc) is 2.55. The second kappa shape index (κ2) is 6.56. The first-order chi connectivity index (χ1) is 11.5. The van der Waals surface area contributed by atoms with Gasteiger partial charge in [0.05, 0.1) is 0 Å². The van der Waals surface area contributed by atoms with E-state index < -0.39 is 11.6 Å². The van der Waals surface area contributed by atoms with E-state index in [1.165, 1.54) is 12.1 Å². The number of pyridine rings is 1. The fourth-order valence-electron chi connectivity index (χ4n) is 3.61. The highest BCUT2D eigenvalue weighted by Gasteiger charge is 2.27. The molecule has 1 unspecified atom stereocenters. The molecule has 3 rings (SSSR count). The van der Waals surface area contributed by atoms with E-state index >= 15 is 0 Å². The lowest BCUT2D eigenvalue weighted by Gasteiger charge is -2.27. The van der Waals surface area contributed by atoms with E-state index in [1.54, 1.807) is 0 Å². The molecule has 5 heteroatoms. The second-order valence-corrected chi connectivity index (χ2v) is 6.31. The summed E-state index contributed by atoms with van der Waals surface area (Å²) in [7, 11) is 0. The van der Waals surface area contributed by atoms with E-state index in [4.69, 9.17) is 5.73 Å². The molecule has 0 saturated carbocycles. The third kappa shape index (κ3) is 2.84. The predicted octanol–water partition coefficient (Wildman–Crippen LogP) is 4.39. The van der Waals surface area contributed by atoms with Crippen LogP contribution in [-0.2, 0) is 12.8 Å². The van der Waals surface area contributed by atoms with E-state index in [9.17, 15) is 14.0 Å². The van der Waals surface area contributed by atoms with Crippen molar-refractivity contribution in [3.8, 4) is 17.2 Å². The Kier molecular flexibility index (Phi) is 4.48. The Morgan fingerprint density at radius 2 is 2.17 bits per heavy atom. The highest BCUT2D eigenvalue weighted by molar-refractivity contribution is 5.79. The summed E-state index contributed by atoms with van der Waals surface area (Å²) in [4.78, 5) is 4.37. The van der Waals surface area contributed by atoms with Crippen LogP contribution in [0.4, 0.5) is 14.6 Å². The fraction of sp³-hybridized carbons (Fsp3) is 0.368. The lowest BCUT2D eigenvalue weighted by molar-refractivity contribution is 0.419. The third-order valence-corrected chi connectivity index (χ3v) is 4.70. The van der Waals surface area contributed by atoms with Gasteiger partial charge in [-0.2, -0.15) is 5.26 Å². The van der Waals surface area contributed by atoms with Gasteiger partial charge in [0.2, 0.25) is 0 Å². The van der Waals surface area contributed by atoms with Crippen LogP contribution >= 0.6 is 0 Å². The number of rotatable bonds is 3. The zero-order valence-corrected chi connectivity index (χ0v) is 13.6. The molecule has 0 fully saturated rings. The van der Waals surface area contributed by atoms with Gasteiger partial charge in [-0.25, -0.2) is 13.8 Å². The van der Waals surface area contributed by atoms with Crippen LogP contribution in [0.25, 0.3) is 11.1 Å². The molecule has 24 heavy (non-hydrogen) atoms. The first-order valence-electron chi connectivity index (χ1n) is 8.21. The molecule has 0 saturated heterocycles. The van der Waals surface area contributed by atoms with E-state index in [1.807, 2.05) is 0 Å². The number of halogens is 2. The fourth-order valence-corrected chi connectivity index (χ4v) is 3.61. The number of nitrogens with two attached hydrogens (primary N) is 1. The lowest BCUT2D eigenvalue weighted by Crippen LogP contribution is -2.19. The van der Waals surface area contributed by atoms with Crippen LogP contribution in [0.5, 0.6) is 0 Å². The molecule has 1 heterocycles. The summed E-state index contributed by atoms with van der Waals surface area (Å²) in [5.41, 5.74) is 8.53. The summed E-state index contributed by atoms with van der Waals surface area (Å²) >= 11 is 0. The molecule has 2 N–H and O–H groups in total. The number of nitriles is 1. The number of benzene rings is 1. The van der Waals surface area contributed by atoms with Gasteiger partial charge in [-0.3, -0.25) is 0 Å². The van der Waals surface area contributed by atoms with Crippen LogP contribution < -0.4 is 5.73 Å². The van der Waals surface area contributed by atoms with Crippen molar-refractivity contribution in [1.82, 2.24) is 4.98 Å². The molecule has 1 aromatic carbocycles. The van der Waals surface area contributed by atoms with Crippen LogP contribution in [-0.4, -0.2) is 4.98 Å². The molecular weight excluding hydrogens is 308 g/mol. The number of aryl methyl sites for hydroxylation is 1. The van der Waals surface area contributed by atoms with Crippen LogP contribution in [0.1, 0.15) is 43.0 Å². The zero-order chi connectivity index (χ0) is 17.3. The minimum atomic E-state index is -0.683. The van der Waals surface area contributed by atoms with Crippen molar-refractivity contribution in [2.24, 2.45) is 5.92 Å². The number of nitrogen functional groups attached to an aromatic ring is 1. The van der Waals surface area contributed by atoms with Crippen LogP contribution in [0.15, 0.2) is 18.2 Å². The molecule has 0 amide bonds. The van der Waals surface area contributed by atoms with Gasteiger partial charge in [-0.05, 0) is 42.9 Å². The van der Waals surface area contributed by atoms with Gasteiger partial charge in [-0.1, -0.05) is 19.8 Å². The van der Waals surface area contributed by atoms with Crippen molar-refractivity contribution in [3.05, 3.63) is 46.7 Å². The Bertz CT molecular complexity index is 824. The van der Waals surface area contributed by atoms with Crippen LogP contribution in [0.3, 0.4) is 0 Å². The summed E-state index contributed by atoms with van der Waals surface area (Å²) in [6, 6.07) is 5.47. The number of nitrogens with zero attached hydrogens (tertiary/aromatic N) is 2. The summed E-state index contributed by atoms with van der Waals surface area (Å²) < 4.78 is 27.7. The molecule has 0 spiro atoms. The summed E-state index contributed by atoms with van der Waals surface area (Å²) in [6.07, 6.45) is 4.69. The minimum Gasteiger partial charge on any atom is -0.383 e. The largest absolute Gasteiger partial charge is 0.383 e. The third-order valence-electron chi connectivity index (χ3n) is 4.70. The van der Waals surface area contributed by atoms with Gasteiger partial charge in [0.25, 0.3) is 0 Å². The smallest absolute Gasteiger partial charge is 0.142 e. The molecular formula is C19H19F2N3. The first-order valence-corrected chi connectivity index (χ1v) is 8.21. The van der Waals surface area contributed by atoms with Crippen molar-refractivity contribution < 1.29 is 8.78 Å². The van der Waals surface area contributed by atoms with Crippen molar-refractivity contribution in [3.63, 3.8) is 0 Å². The first kappa shape index (κ1) is 16.4. The maximum Gasteiger partial charge on any atom is 0.142 e. The molecule has 1 aliphatic rings. The topological polar surface area (TPSA) is 62.7 Å². The van der Waals surface area contributed by atoms with Crippen molar-refractivity contribution in [2.75, 3.05) is 5.73 Å². The van der Waals surface area contributed by atoms with Crippen LogP contribution in [0, 0.1) is 28.9 Å². The van der Waals surface area contributed by atoms with E-state index in [0.29, 0.717) is 11.5 Å². The minimum absolute atomic E-state index is 0.115. The number of aromatic nitrogens is 1. The van der Waals surface area contributed by atoms with Gasteiger partial charge >= 0.3 is 0 Å². The van der Waals surface area contributed by atoms with E-state index in [2.05, 4.69) is 18.0 Å². The number of hydrogen-bond donors (Lipinski definition) is 1. The van der Waals surface area contributed by atoms with Gasteiger partial charge in [0.15, 0.2) is 0 Å². The Morgan fingerprint density at radius 1 is 1.38 bits per heavy atom. The maximum atomic E-state index is 14.4.